The van der Waals surface area contributed by atoms with Crippen molar-refractivity contribution in [3.05, 3.63) is 69.5 Å². The predicted octanol–water partition coefficient (Wildman–Crippen LogP) is 6.29. The number of nitrogens with zero attached hydrogens (tertiary/aromatic N) is 2. The Bertz CT molecular complexity index is 1220. The largest absolute Gasteiger partial charge is 0.292 e. The van der Waals surface area contributed by atoms with Crippen LogP contribution in [0, 0.1) is 17.7 Å². The number of fused-ring (bicyclic) bond motifs is 1. The number of hydrogen-bond acceptors (Lipinski definition) is 4. The van der Waals surface area contributed by atoms with Crippen LogP contribution in [0.25, 0.3) is 0 Å². The number of imide groups is 1. The number of carbonyl (C=O) groups excluding carboxylic acids is 4. The number of hydrogen-bond donors (Lipinski definition) is 0. The smallest absolute Gasteiger partial charge is 0.275 e. The zero-order valence-corrected chi connectivity index (χ0v) is 24.5. The third-order valence-electron chi connectivity index (χ3n) is 6.58. The van der Waals surface area contributed by atoms with Gasteiger partial charge in [0.05, 0.1) is 22.4 Å². The standard InChI is InChI=1S/C25H20Br2Cl3FN2O4/c26-18-10-16-17(11-19(18)27)25(37)33(24(16)36)32(23(35)15-6-3-13(29)9-20(15)30)21(7-8-28)22(34)12-1-4-14(31)5-2-12/h1-6,9,16-19,21H,7-8,10-11H2/t16-,17-,18+,19+,21+/m1/s1. The Morgan fingerprint density at radius 3 is 2.08 bits per heavy atom. The SMILES string of the molecule is O=C(c1ccc(F)cc1)[C@H](CCCl)N(C(=O)c1ccc(Cl)cc1Cl)N1C(=O)[C@@H]2C[C@H](Br)[C@@H](Br)C[C@H]2C1=O. The van der Waals surface area contributed by atoms with E-state index in [-0.39, 0.29) is 43.1 Å². The van der Waals surface area contributed by atoms with Crippen molar-refractivity contribution in [3.8, 4) is 0 Å². The fourth-order valence-electron chi connectivity index (χ4n) is 4.72. The second kappa shape index (κ2) is 11.7. The average Bonchev–Trinajstić information content (AvgIpc) is 3.08. The molecule has 2 aliphatic rings. The number of carbonyl (C=O) groups is 4. The Balaban J connectivity index is 1.83. The third-order valence-corrected chi connectivity index (χ3v) is 10.1. The number of alkyl halides is 3. The molecule has 0 spiro atoms. The third kappa shape index (κ3) is 5.62. The molecule has 0 radical (unpaired) electrons. The molecule has 4 rings (SSSR count). The van der Waals surface area contributed by atoms with Crippen molar-refractivity contribution in [2.45, 2.75) is 35.0 Å². The zero-order valence-electron chi connectivity index (χ0n) is 19.1. The van der Waals surface area contributed by atoms with E-state index < -0.39 is 47.2 Å². The van der Waals surface area contributed by atoms with Crippen molar-refractivity contribution in [3.63, 3.8) is 0 Å². The van der Waals surface area contributed by atoms with E-state index in [2.05, 4.69) is 31.9 Å². The molecule has 1 aliphatic carbocycles. The number of hydrazine groups is 1. The van der Waals surface area contributed by atoms with Crippen LogP contribution >= 0.6 is 66.7 Å². The summed E-state index contributed by atoms with van der Waals surface area (Å²) in [6.07, 6.45) is 0.665. The van der Waals surface area contributed by atoms with Crippen LogP contribution in [0.4, 0.5) is 4.39 Å². The normalized spacial score (nSPS) is 24.1. The lowest BCUT2D eigenvalue weighted by atomic mass is 9.81. The molecule has 1 saturated carbocycles. The molecule has 0 unspecified atom stereocenters. The summed E-state index contributed by atoms with van der Waals surface area (Å²) in [7, 11) is 0. The van der Waals surface area contributed by atoms with Crippen LogP contribution in [-0.4, -0.2) is 55.1 Å². The van der Waals surface area contributed by atoms with Crippen LogP contribution in [-0.2, 0) is 9.59 Å². The summed E-state index contributed by atoms with van der Waals surface area (Å²) in [6.45, 7) is 0. The summed E-state index contributed by atoms with van der Waals surface area (Å²) in [4.78, 5) is 54.8. The van der Waals surface area contributed by atoms with Gasteiger partial charge in [0.25, 0.3) is 17.7 Å². The van der Waals surface area contributed by atoms with E-state index in [0.717, 1.165) is 22.2 Å². The quantitative estimate of drug-likeness (QED) is 0.194. The minimum absolute atomic E-state index is 0.0149. The Morgan fingerprint density at radius 2 is 1.57 bits per heavy atom. The minimum Gasteiger partial charge on any atom is -0.292 e. The molecule has 1 heterocycles. The summed E-state index contributed by atoms with van der Waals surface area (Å²) < 4.78 is 13.5. The van der Waals surface area contributed by atoms with E-state index in [1.165, 1.54) is 30.3 Å². The van der Waals surface area contributed by atoms with Crippen molar-refractivity contribution < 1.29 is 23.6 Å². The van der Waals surface area contributed by atoms with Crippen molar-refractivity contribution >= 4 is 90.2 Å². The van der Waals surface area contributed by atoms with Crippen LogP contribution in [0.5, 0.6) is 0 Å². The van der Waals surface area contributed by atoms with Gasteiger partial charge in [0.2, 0.25) is 0 Å². The molecule has 1 saturated heterocycles. The highest BCUT2D eigenvalue weighted by Crippen LogP contribution is 2.44. The number of benzene rings is 2. The lowest BCUT2D eigenvalue weighted by Crippen LogP contribution is -2.57. The van der Waals surface area contributed by atoms with Gasteiger partial charge in [-0.2, -0.15) is 5.01 Å². The fraction of sp³-hybridized carbons (Fsp3) is 0.360. The molecule has 3 amide bonds. The fourth-order valence-corrected chi connectivity index (χ4v) is 6.66. The van der Waals surface area contributed by atoms with Gasteiger partial charge in [0.1, 0.15) is 11.9 Å². The monoisotopic (exact) mass is 694 g/mol. The maximum absolute atomic E-state index is 14.0. The molecule has 2 aromatic carbocycles. The van der Waals surface area contributed by atoms with Gasteiger partial charge >= 0.3 is 0 Å². The first kappa shape index (κ1) is 28.5. The van der Waals surface area contributed by atoms with Crippen LogP contribution in [0.15, 0.2) is 42.5 Å². The minimum atomic E-state index is -1.34. The Labute approximate surface area is 244 Å². The maximum Gasteiger partial charge on any atom is 0.275 e. The molecule has 0 N–H and O–H groups in total. The molecular weight excluding hydrogens is 677 g/mol. The van der Waals surface area contributed by atoms with E-state index >= 15 is 0 Å². The molecule has 196 valence electrons. The van der Waals surface area contributed by atoms with E-state index in [1.54, 1.807) is 0 Å². The first-order valence-electron chi connectivity index (χ1n) is 11.3. The van der Waals surface area contributed by atoms with Crippen molar-refractivity contribution in [1.82, 2.24) is 10.0 Å². The second-order valence-corrected chi connectivity index (χ2v) is 12.4. The van der Waals surface area contributed by atoms with Gasteiger partial charge < -0.3 is 0 Å². The lowest BCUT2D eigenvalue weighted by molar-refractivity contribution is -0.156. The predicted molar refractivity (Wildman–Crippen MR) is 146 cm³/mol. The first-order valence-corrected chi connectivity index (χ1v) is 14.5. The summed E-state index contributed by atoms with van der Waals surface area (Å²) in [6, 6.07) is 7.58. The van der Waals surface area contributed by atoms with Crippen LogP contribution < -0.4 is 0 Å². The highest BCUT2D eigenvalue weighted by Gasteiger charge is 2.56. The highest BCUT2D eigenvalue weighted by atomic mass is 79.9. The molecule has 1 aliphatic heterocycles. The van der Waals surface area contributed by atoms with Gasteiger partial charge in [0, 0.05) is 26.1 Å². The molecular formula is C25H20Br2Cl3FN2O4. The number of ketones is 1. The molecule has 0 bridgehead atoms. The van der Waals surface area contributed by atoms with Crippen molar-refractivity contribution in [1.29, 1.82) is 0 Å². The van der Waals surface area contributed by atoms with Gasteiger partial charge in [-0.1, -0.05) is 55.1 Å². The van der Waals surface area contributed by atoms with E-state index in [0.29, 0.717) is 12.8 Å². The van der Waals surface area contributed by atoms with E-state index in [1.807, 2.05) is 0 Å². The number of halogens is 6. The van der Waals surface area contributed by atoms with Crippen LogP contribution in [0.1, 0.15) is 40.0 Å². The van der Waals surface area contributed by atoms with Gasteiger partial charge in [-0.25, -0.2) is 9.40 Å². The number of Topliss-reactive ketones (excluding diaryl/α,β-unsaturated/α-hetero) is 1. The molecule has 2 aromatic rings. The average molecular weight is 698 g/mol. The number of amides is 3. The summed E-state index contributed by atoms with van der Waals surface area (Å²) in [5, 5.41) is 1.92. The van der Waals surface area contributed by atoms with E-state index in [9.17, 15) is 23.6 Å². The highest BCUT2D eigenvalue weighted by molar-refractivity contribution is 9.12. The maximum atomic E-state index is 14.0. The molecule has 12 heteroatoms. The Kier molecular flexibility index (Phi) is 9.01. The molecule has 37 heavy (non-hydrogen) atoms. The summed E-state index contributed by atoms with van der Waals surface area (Å²) in [5.74, 6) is -4.55. The van der Waals surface area contributed by atoms with Crippen molar-refractivity contribution in [2.75, 3.05) is 5.88 Å². The molecule has 6 nitrogen and oxygen atoms in total. The zero-order chi connectivity index (χ0) is 27.0. The Morgan fingerprint density at radius 1 is 1.00 bits per heavy atom. The first-order chi connectivity index (χ1) is 17.5. The molecule has 2 fully saturated rings. The summed E-state index contributed by atoms with van der Waals surface area (Å²) >= 11 is 25.5. The van der Waals surface area contributed by atoms with Crippen molar-refractivity contribution in [2.24, 2.45) is 11.8 Å². The molecule has 0 aromatic heterocycles. The number of rotatable bonds is 7. The van der Waals surface area contributed by atoms with Gasteiger partial charge in [-0.15, -0.1) is 11.6 Å². The lowest BCUT2D eigenvalue weighted by Gasteiger charge is -2.36. The topological polar surface area (TPSA) is 74.8 Å². The van der Waals surface area contributed by atoms with E-state index in [4.69, 9.17) is 34.8 Å². The Hall–Kier alpha value is -1.52. The van der Waals surface area contributed by atoms with Crippen LogP contribution in [0.3, 0.4) is 0 Å². The summed E-state index contributed by atoms with van der Waals surface area (Å²) in [5.41, 5.74) is 0.0406. The van der Waals surface area contributed by atoms with Crippen LogP contribution in [0.2, 0.25) is 10.0 Å². The van der Waals surface area contributed by atoms with Gasteiger partial charge in [-0.3, -0.25) is 19.2 Å². The molecule has 5 atom stereocenters. The van der Waals surface area contributed by atoms with Gasteiger partial charge in [-0.05, 0) is 61.7 Å². The second-order valence-electron chi connectivity index (χ2n) is 8.84. The van der Waals surface area contributed by atoms with Gasteiger partial charge in [0.15, 0.2) is 5.78 Å².